The maximum absolute atomic E-state index is 11.4. The van der Waals surface area contributed by atoms with Crippen LogP contribution in [0.25, 0.3) is 0 Å². The van der Waals surface area contributed by atoms with Crippen LogP contribution < -0.4 is 16.8 Å². The van der Waals surface area contributed by atoms with E-state index in [0.29, 0.717) is 17.3 Å². The summed E-state index contributed by atoms with van der Waals surface area (Å²) in [5.41, 5.74) is 13.1. The molecule has 1 aromatic carbocycles. The number of carbonyl (C=O) groups is 1. The third-order valence-electron chi connectivity index (χ3n) is 3.93. The normalized spacial score (nSPS) is 23.6. The number of benzene rings is 1. The van der Waals surface area contributed by atoms with Crippen LogP contribution in [0.2, 0.25) is 0 Å². The maximum atomic E-state index is 11.4. The summed E-state index contributed by atoms with van der Waals surface area (Å²) in [6.07, 6.45) is 6.02. The van der Waals surface area contributed by atoms with Crippen LogP contribution in [-0.4, -0.2) is 11.9 Å². The van der Waals surface area contributed by atoms with Crippen LogP contribution >= 0.6 is 0 Å². The van der Waals surface area contributed by atoms with Crippen LogP contribution in [0.3, 0.4) is 0 Å². The number of rotatable bonds is 3. The molecule has 0 spiro atoms. The number of hydrogen-bond acceptors (Lipinski definition) is 3. The Labute approximate surface area is 114 Å². The van der Waals surface area contributed by atoms with E-state index in [1.54, 1.807) is 18.2 Å². The Morgan fingerprint density at radius 1 is 1.26 bits per heavy atom. The first-order valence-corrected chi connectivity index (χ1v) is 7.02. The second kappa shape index (κ2) is 5.95. The number of primary amides is 1. The van der Waals surface area contributed by atoms with Gasteiger partial charge in [-0.1, -0.05) is 19.8 Å². The van der Waals surface area contributed by atoms with Crippen LogP contribution in [-0.2, 0) is 0 Å². The average molecular weight is 261 g/mol. The number of nitrogen functional groups attached to an aromatic ring is 1. The molecular weight excluding hydrogens is 238 g/mol. The van der Waals surface area contributed by atoms with Crippen LogP contribution in [0.5, 0.6) is 0 Å². The van der Waals surface area contributed by atoms with E-state index in [0.717, 1.165) is 24.4 Å². The zero-order valence-electron chi connectivity index (χ0n) is 11.5. The van der Waals surface area contributed by atoms with Crippen molar-refractivity contribution in [3.8, 4) is 0 Å². The fourth-order valence-electron chi connectivity index (χ4n) is 2.75. The first-order valence-electron chi connectivity index (χ1n) is 7.02. The van der Waals surface area contributed by atoms with Gasteiger partial charge in [0, 0.05) is 17.4 Å². The van der Waals surface area contributed by atoms with Crippen LogP contribution in [0.15, 0.2) is 18.2 Å². The summed E-state index contributed by atoms with van der Waals surface area (Å²) in [6, 6.07) is 5.61. The van der Waals surface area contributed by atoms with E-state index in [1.807, 2.05) is 0 Å². The molecule has 4 heteroatoms. The van der Waals surface area contributed by atoms with Gasteiger partial charge in [0.05, 0.1) is 5.56 Å². The lowest BCUT2D eigenvalue weighted by atomic mass is 10.0. The summed E-state index contributed by atoms with van der Waals surface area (Å²) < 4.78 is 0. The van der Waals surface area contributed by atoms with Crippen LogP contribution in [0, 0.1) is 5.92 Å². The molecular formula is C15H23N3O. The molecule has 19 heavy (non-hydrogen) atoms. The molecule has 0 heterocycles. The van der Waals surface area contributed by atoms with Crippen molar-refractivity contribution >= 4 is 17.3 Å². The third-order valence-corrected chi connectivity index (χ3v) is 3.93. The summed E-state index contributed by atoms with van der Waals surface area (Å²) in [5.74, 6) is 0.382. The van der Waals surface area contributed by atoms with Crippen molar-refractivity contribution in [3.05, 3.63) is 23.8 Å². The molecule has 2 rings (SSSR count). The Hall–Kier alpha value is -1.71. The Bertz CT molecular complexity index is 459. The molecule has 0 aromatic heterocycles. The topological polar surface area (TPSA) is 81.1 Å². The highest BCUT2D eigenvalue weighted by Gasteiger charge is 2.18. The number of nitrogens with one attached hydrogen (secondary N) is 1. The molecule has 104 valence electrons. The highest BCUT2D eigenvalue weighted by atomic mass is 16.1. The standard InChI is InChI=1S/C15H23N3O/c1-10-3-2-4-12(7-5-10)18-14-9-11(16)6-8-13(14)15(17)19/h6,8-10,12,18H,2-5,7,16H2,1H3,(H2,17,19). The molecule has 0 radical (unpaired) electrons. The van der Waals surface area contributed by atoms with Gasteiger partial charge < -0.3 is 16.8 Å². The lowest BCUT2D eigenvalue weighted by Crippen LogP contribution is -2.22. The molecule has 0 bridgehead atoms. The molecule has 1 aliphatic carbocycles. The Balaban J connectivity index is 2.13. The number of nitrogens with two attached hydrogens (primary N) is 2. The van der Waals surface area contributed by atoms with E-state index in [4.69, 9.17) is 11.5 Å². The predicted molar refractivity (Wildman–Crippen MR) is 79.0 cm³/mol. The van der Waals surface area contributed by atoms with E-state index in [-0.39, 0.29) is 0 Å². The molecule has 1 fully saturated rings. The van der Waals surface area contributed by atoms with Crippen LogP contribution in [0.4, 0.5) is 11.4 Å². The lowest BCUT2D eigenvalue weighted by molar-refractivity contribution is 0.100. The maximum Gasteiger partial charge on any atom is 0.250 e. The minimum atomic E-state index is -0.413. The van der Waals surface area contributed by atoms with Gasteiger partial charge in [0.2, 0.25) is 0 Å². The van der Waals surface area contributed by atoms with Gasteiger partial charge in [0.25, 0.3) is 5.91 Å². The first-order chi connectivity index (χ1) is 9.06. The number of carbonyl (C=O) groups excluding carboxylic acids is 1. The molecule has 4 nitrogen and oxygen atoms in total. The van der Waals surface area contributed by atoms with Crippen molar-refractivity contribution in [1.82, 2.24) is 0 Å². The zero-order valence-corrected chi connectivity index (χ0v) is 11.5. The van der Waals surface area contributed by atoms with Gasteiger partial charge in [-0.15, -0.1) is 0 Å². The van der Waals surface area contributed by atoms with Crippen LogP contribution in [0.1, 0.15) is 49.4 Å². The van der Waals surface area contributed by atoms with Gasteiger partial charge in [-0.25, -0.2) is 0 Å². The highest BCUT2D eigenvalue weighted by molar-refractivity contribution is 5.99. The molecule has 1 aliphatic rings. The van der Waals surface area contributed by atoms with Crippen molar-refractivity contribution in [1.29, 1.82) is 0 Å². The molecule has 0 saturated heterocycles. The van der Waals surface area contributed by atoms with Crippen molar-refractivity contribution in [3.63, 3.8) is 0 Å². The summed E-state index contributed by atoms with van der Waals surface area (Å²) in [5, 5.41) is 3.45. The quantitative estimate of drug-likeness (QED) is 0.578. The number of hydrogen-bond donors (Lipinski definition) is 3. The molecule has 1 saturated carbocycles. The second-order valence-electron chi connectivity index (χ2n) is 5.62. The lowest BCUT2D eigenvalue weighted by Gasteiger charge is -2.20. The zero-order chi connectivity index (χ0) is 13.8. The van der Waals surface area contributed by atoms with E-state index in [1.165, 1.54) is 19.3 Å². The van der Waals surface area contributed by atoms with Gasteiger partial charge in [-0.3, -0.25) is 4.79 Å². The van der Waals surface area contributed by atoms with E-state index in [9.17, 15) is 4.79 Å². The van der Waals surface area contributed by atoms with Crippen molar-refractivity contribution in [2.45, 2.75) is 45.1 Å². The van der Waals surface area contributed by atoms with Gasteiger partial charge in [-0.2, -0.15) is 0 Å². The average Bonchev–Trinajstić information content (AvgIpc) is 2.54. The third kappa shape index (κ3) is 3.63. The van der Waals surface area contributed by atoms with E-state index >= 15 is 0 Å². The van der Waals surface area contributed by atoms with Gasteiger partial charge in [0.15, 0.2) is 0 Å². The van der Waals surface area contributed by atoms with Gasteiger partial charge in [0.1, 0.15) is 0 Å². The van der Waals surface area contributed by atoms with Gasteiger partial charge >= 0.3 is 0 Å². The Morgan fingerprint density at radius 3 is 2.79 bits per heavy atom. The van der Waals surface area contributed by atoms with Crippen molar-refractivity contribution in [2.24, 2.45) is 11.7 Å². The molecule has 5 N–H and O–H groups in total. The summed E-state index contributed by atoms with van der Waals surface area (Å²) in [6.45, 7) is 2.30. The largest absolute Gasteiger partial charge is 0.399 e. The molecule has 1 aromatic rings. The fraction of sp³-hybridized carbons (Fsp3) is 0.533. The SMILES string of the molecule is CC1CCCC(Nc2cc(N)ccc2C(N)=O)CC1. The Morgan fingerprint density at radius 2 is 2.05 bits per heavy atom. The minimum absolute atomic E-state index is 0.407. The second-order valence-corrected chi connectivity index (χ2v) is 5.62. The predicted octanol–water partition coefficient (Wildman–Crippen LogP) is 2.75. The molecule has 2 unspecified atom stereocenters. The summed E-state index contributed by atoms with van der Waals surface area (Å²) in [4.78, 5) is 11.4. The monoisotopic (exact) mass is 261 g/mol. The summed E-state index contributed by atoms with van der Waals surface area (Å²) >= 11 is 0. The molecule has 1 amide bonds. The summed E-state index contributed by atoms with van der Waals surface area (Å²) in [7, 11) is 0. The first kappa shape index (κ1) is 13.7. The number of amides is 1. The van der Waals surface area contributed by atoms with Crippen molar-refractivity contribution < 1.29 is 4.79 Å². The highest BCUT2D eigenvalue weighted by Crippen LogP contribution is 2.27. The molecule has 0 aliphatic heterocycles. The fourth-order valence-corrected chi connectivity index (χ4v) is 2.75. The van der Waals surface area contributed by atoms with E-state index < -0.39 is 5.91 Å². The molecule has 2 atom stereocenters. The van der Waals surface area contributed by atoms with Crippen molar-refractivity contribution in [2.75, 3.05) is 11.1 Å². The number of anilines is 2. The Kier molecular flexibility index (Phi) is 4.30. The van der Waals surface area contributed by atoms with E-state index in [2.05, 4.69) is 12.2 Å². The van der Waals surface area contributed by atoms with Gasteiger partial charge in [-0.05, 0) is 43.4 Å². The smallest absolute Gasteiger partial charge is 0.250 e. The minimum Gasteiger partial charge on any atom is -0.399 e.